The molecule has 2 aromatic rings. The molecule has 1 unspecified atom stereocenters. The zero-order valence-corrected chi connectivity index (χ0v) is 16.4. The lowest BCUT2D eigenvalue weighted by molar-refractivity contribution is 0.162. The average Bonchev–Trinajstić information content (AvgIpc) is 3.37. The predicted octanol–water partition coefficient (Wildman–Crippen LogP) is 3.04. The van der Waals surface area contributed by atoms with Crippen LogP contribution in [0.1, 0.15) is 62.6 Å². The van der Waals surface area contributed by atoms with Crippen molar-refractivity contribution in [1.82, 2.24) is 14.6 Å². The van der Waals surface area contributed by atoms with Crippen molar-refractivity contribution in [3.05, 3.63) is 22.5 Å². The molecule has 0 saturated heterocycles. The summed E-state index contributed by atoms with van der Waals surface area (Å²) in [6, 6.07) is 0.723. The number of rotatable bonds is 3. The molecule has 0 bridgehead atoms. The smallest absolute Gasteiger partial charge is 0.176 e. The minimum atomic E-state index is 0.00474. The van der Waals surface area contributed by atoms with Gasteiger partial charge in [0.25, 0.3) is 0 Å². The monoisotopic (exact) mass is 389 g/mol. The Morgan fingerprint density at radius 3 is 2.70 bits per heavy atom. The molecule has 4 N–H and O–H groups in total. The maximum Gasteiger partial charge on any atom is 0.176 e. The second kappa shape index (κ2) is 6.61. The van der Waals surface area contributed by atoms with Crippen molar-refractivity contribution >= 4 is 23.1 Å². The first kappa shape index (κ1) is 17.7. The van der Waals surface area contributed by atoms with Gasteiger partial charge >= 0.3 is 0 Å². The van der Waals surface area contributed by atoms with E-state index in [1.165, 1.54) is 18.4 Å². The number of aromatic nitrogens is 3. The third-order valence-corrected chi connectivity index (χ3v) is 7.50. The Bertz CT molecular complexity index is 852. The van der Waals surface area contributed by atoms with E-state index in [0.717, 1.165) is 62.1 Å². The minimum absolute atomic E-state index is 0.00474. The summed E-state index contributed by atoms with van der Waals surface area (Å²) in [5.41, 5.74) is 9.22. The van der Waals surface area contributed by atoms with Gasteiger partial charge in [0.2, 0.25) is 0 Å². The largest absolute Gasteiger partial charge is 0.396 e. The summed E-state index contributed by atoms with van der Waals surface area (Å²) in [5.74, 6) is 1.28. The van der Waals surface area contributed by atoms with Crippen molar-refractivity contribution < 1.29 is 5.11 Å². The van der Waals surface area contributed by atoms with Crippen molar-refractivity contribution in [2.45, 2.75) is 75.3 Å². The van der Waals surface area contributed by atoms with Gasteiger partial charge < -0.3 is 16.2 Å². The Kier molecular flexibility index (Phi) is 4.33. The second-order valence-corrected chi connectivity index (χ2v) is 9.13. The summed E-state index contributed by atoms with van der Waals surface area (Å²) in [5, 5.41) is 19.0. The Morgan fingerprint density at radius 1 is 1.26 bits per heavy atom. The molecule has 27 heavy (non-hydrogen) atoms. The van der Waals surface area contributed by atoms with Crippen LogP contribution >= 0.6 is 11.6 Å². The molecule has 0 radical (unpaired) electrons. The molecule has 2 aromatic heterocycles. The minimum Gasteiger partial charge on any atom is -0.396 e. The van der Waals surface area contributed by atoms with E-state index in [0.29, 0.717) is 17.1 Å². The zero-order valence-electron chi connectivity index (χ0n) is 15.6. The van der Waals surface area contributed by atoms with Crippen LogP contribution in [0.15, 0.2) is 6.20 Å². The highest BCUT2D eigenvalue weighted by molar-refractivity contribution is 6.33. The molecule has 0 aromatic carbocycles. The molecule has 2 saturated carbocycles. The summed E-state index contributed by atoms with van der Waals surface area (Å²) in [4.78, 5) is 5.01. The molecule has 6 nitrogen and oxygen atoms in total. The second-order valence-electron chi connectivity index (χ2n) is 8.72. The van der Waals surface area contributed by atoms with Gasteiger partial charge in [0.15, 0.2) is 5.65 Å². The number of halogens is 1. The van der Waals surface area contributed by atoms with Gasteiger partial charge in [-0.25, -0.2) is 4.98 Å². The summed E-state index contributed by atoms with van der Waals surface area (Å²) in [6.45, 7) is 0.212. The highest BCUT2D eigenvalue weighted by Crippen LogP contribution is 2.54. The summed E-state index contributed by atoms with van der Waals surface area (Å²) in [7, 11) is 0. The fourth-order valence-corrected chi connectivity index (χ4v) is 5.90. The fourth-order valence-electron chi connectivity index (χ4n) is 5.74. The van der Waals surface area contributed by atoms with Crippen LogP contribution in [0.3, 0.4) is 0 Å². The van der Waals surface area contributed by atoms with Crippen molar-refractivity contribution in [3.63, 3.8) is 0 Å². The van der Waals surface area contributed by atoms with E-state index in [9.17, 15) is 5.11 Å². The van der Waals surface area contributed by atoms with E-state index in [-0.39, 0.29) is 17.9 Å². The summed E-state index contributed by atoms with van der Waals surface area (Å²) < 4.78 is 1.87. The first-order chi connectivity index (χ1) is 13.1. The van der Waals surface area contributed by atoms with Gasteiger partial charge in [0, 0.05) is 29.7 Å². The normalized spacial score (nSPS) is 29.5. The molecule has 1 spiro atoms. The van der Waals surface area contributed by atoms with Crippen LogP contribution in [0.4, 0.5) is 5.82 Å². The number of fused-ring (bicyclic) bond motifs is 3. The van der Waals surface area contributed by atoms with Gasteiger partial charge in [0.1, 0.15) is 10.8 Å². The van der Waals surface area contributed by atoms with Gasteiger partial charge in [0.05, 0.1) is 11.9 Å². The van der Waals surface area contributed by atoms with Crippen LogP contribution in [0.5, 0.6) is 0 Å². The van der Waals surface area contributed by atoms with Crippen LogP contribution in [0, 0.1) is 5.92 Å². The van der Waals surface area contributed by atoms with Crippen LogP contribution in [-0.2, 0) is 11.8 Å². The maximum absolute atomic E-state index is 10.1. The molecule has 1 atom stereocenters. The highest BCUT2D eigenvalue weighted by Gasteiger charge is 2.50. The molecule has 0 aliphatic heterocycles. The van der Waals surface area contributed by atoms with E-state index < -0.39 is 0 Å². The van der Waals surface area contributed by atoms with Gasteiger partial charge in [-0.2, -0.15) is 9.61 Å². The molecule has 0 amide bonds. The van der Waals surface area contributed by atoms with E-state index in [1.54, 1.807) is 6.20 Å². The van der Waals surface area contributed by atoms with E-state index in [2.05, 4.69) is 10.4 Å². The Labute approximate surface area is 164 Å². The van der Waals surface area contributed by atoms with Gasteiger partial charge in [-0.3, -0.25) is 0 Å². The number of aliphatic hydroxyl groups excluding tert-OH is 1. The van der Waals surface area contributed by atoms with Crippen molar-refractivity contribution in [2.24, 2.45) is 11.7 Å². The molecule has 2 heterocycles. The Morgan fingerprint density at radius 2 is 2.00 bits per heavy atom. The number of hydrogen-bond donors (Lipinski definition) is 3. The standard InChI is InChI=1S/C20H28ClN5O/c21-16-10-23-26-18(24-14-5-3-13(22)4-6-14)15-9-12(11-27)20(7-1-2-8-20)17(15)25-19(16)26/h10,12-14,24,27H,1-9,11,22H2/t12?,13-,14-. The third kappa shape index (κ3) is 2.68. The zero-order chi connectivity index (χ0) is 18.6. The lowest BCUT2D eigenvalue weighted by atomic mass is 9.76. The topological polar surface area (TPSA) is 88.5 Å². The summed E-state index contributed by atoms with van der Waals surface area (Å²) >= 11 is 6.43. The molecule has 3 aliphatic carbocycles. The molecular weight excluding hydrogens is 362 g/mol. The SMILES string of the molecule is N[C@H]1CC[C@H](Nc2c3c(nc4c(Cl)cnn24)C2(CCCC2)C(CO)C3)CC1. The molecular formula is C20H28ClN5O. The molecule has 7 heteroatoms. The van der Waals surface area contributed by atoms with Crippen molar-refractivity contribution in [1.29, 1.82) is 0 Å². The number of nitrogens with two attached hydrogens (primary N) is 1. The highest BCUT2D eigenvalue weighted by atomic mass is 35.5. The number of aliphatic hydroxyl groups is 1. The van der Waals surface area contributed by atoms with Crippen LogP contribution in [0.2, 0.25) is 5.02 Å². The van der Waals surface area contributed by atoms with E-state index >= 15 is 0 Å². The molecule has 146 valence electrons. The number of nitrogens with one attached hydrogen (secondary N) is 1. The lowest BCUT2D eigenvalue weighted by Crippen LogP contribution is -2.33. The van der Waals surface area contributed by atoms with E-state index in [4.69, 9.17) is 22.3 Å². The molecule has 2 fully saturated rings. The van der Waals surface area contributed by atoms with Crippen LogP contribution < -0.4 is 11.1 Å². The first-order valence-electron chi connectivity index (χ1n) is 10.3. The number of anilines is 1. The first-order valence-corrected chi connectivity index (χ1v) is 10.7. The van der Waals surface area contributed by atoms with Crippen LogP contribution in [0.25, 0.3) is 5.65 Å². The maximum atomic E-state index is 10.1. The molecule has 5 rings (SSSR count). The summed E-state index contributed by atoms with van der Waals surface area (Å²) in [6.07, 6.45) is 11.4. The average molecular weight is 390 g/mol. The van der Waals surface area contributed by atoms with Crippen LogP contribution in [-0.4, -0.2) is 38.4 Å². The van der Waals surface area contributed by atoms with Gasteiger partial charge in [-0.05, 0) is 50.9 Å². The third-order valence-electron chi connectivity index (χ3n) is 7.23. The van der Waals surface area contributed by atoms with Gasteiger partial charge in [-0.1, -0.05) is 24.4 Å². The van der Waals surface area contributed by atoms with E-state index in [1.807, 2.05) is 4.52 Å². The number of hydrogen-bond acceptors (Lipinski definition) is 5. The fraction of sp³-hybridized carbons (Fsp3) is 0.700. The molecule has 3 aliphatic rings. The number of nitrogens with zero attached hydrogens (tertiary/aromatic N) is 3. The quantitative estimate of drug-likeness (QED) is 0.750. The van der Waals surface area contributed by atoms with Crippen molar-refractivity contribution in [3.8, 4) is 0 Å². The lowest BCUT2D eigenvalue weighted by Gasteiger charge is -2.30. The Hall–Kier alpha value is -1.37. The Balaban J connectivity index is 1.62. The van der Waals surface area contributed by atoms with Gasteiger partial charge in [-0.15, -0.1) is 0 Å². The van der Waals surface area contributed by atoms with Crippen molar-refractivity contribution in [2.75, 3.05) is 11.9 Å². The predicted molar refractivity (Wildman–Crippen MR) is 106 cm³/mol.